The molecule has 26 heavy (non-hydrogen) atoms. The third-order valence-corrected chi connectivity index (χ3v) is 6.31. The number of aryl methyl sites for hydroxylation is 1. The Hall–Kier alpha value is -1.43. The average molecular weight is 356 g/mol. The van der Waals surface area contributed by atoms with Crippen LogP contribution in [-0.4, -0.2) is 76.4 Å². The van der Waals surface area contributed by atoms with Gasteiger partial charge in [0.05, 0.1) is 11.4 Å². The van der Waals surface area contributed by atoms with E-state index in [9.17, 15) is 0 Å². The van der Waals surface area contributed by atoms with Crippen LogP contribution in [-0.2, 0) is 6.54 Å². The Morgan fingerprint density at radius 3 is 2.77 bits per heavy atom. The molecule has 4 rings (SSSR count). The maximum atomic E-state index is 4.75. The number of likely N-dealkylation sites (tertiary alicyclic amines) is 1. The zero-order chi connectivity index (χ0) is 17.9. The topological polar surface area (TPSA) is 27.0 Å². The van der Waals surface area contributed by atoms with Gasteiger partial charge in [0.1, 0.15) is 5.65 Å². The molecule has 0 aliphatic carbocycles. The van der Waals surface area contributed by atoms with Gasteiger partial charge in [-0.25, -0.2) is 4.98 Å². The number of nitrogens with zero attached hydrogens (tertiary/aromatic N) is 5. The predicted molar refractivity (Wildman–Crippen MR) is 107 cm³/mol. The highest BCUT2D eigenvalue weighted by atomic mass is 15.3. The molecule has 0 aromatic carbocycles. The molecule has 2 aromatic rings. The van der Waals surface area contributed by atoms with Crippen LogP contribution in [0.15, 0.2) is 24.4 Å². The molecule has 2 aromatic heterocycles. The lowest BCUT2D eigenvalue weighted by atomic mass is 9.98. The Morgan fingerprint density at radius 1 is 1.08 bits per heavy atom. The smallest absolute Gasteiger partial charge is 0.137 e. The van der Waals surface area contributed by atoms with Gasteiger partial charge in [-0.05, 0) is 58.5 Å². The van der Waals surface area contributed by atoms with E-state index >= 15 is 0 Å². The van der Waals surface area contributed by atoms with E-state index in [4.69, 9.17) is 4.98 Å². The first-order chi connectivity index (χ1) is 12.7. The van der Waals surface area contributed by atoms with Crippen molar-refractivity contribution < 1.29 is 0 Å². The Labute approximate surface area is 157 Å². The highest BCUT2D eigenvalue weighted by molar-refractivity contribution is 5.42. The Bertz CT molecular complexity index is 716. The number of imidazole rings is 1. The zero-order valence-electron chi connectivity index (χ0n) is 16.4. The van der Waals surface area contributed by atoms with E-state index in [1.165, 1.54) is 76.3 Å². The monoisotopic (exact) mass is 355 g/mol. The van der Waals surface area contributed by atoms with Crippen LogP contribution in [0.1, 0.15) is 37.1 Å². The van der Waals surface area contributed by atoms with E-state index in [0.717, 1.165) is 18.2 Å². The first kappa shape index (κ1) is 18.0. The lowest BCUT2D eigenvalue weighted by Gasteiger charge is -2.38. The van der Waals surface area contributed by atoms with Crippen LogP contribution in [0.3, 0.4) is 0 Å². The van der Waals surface area contributed by atoms with Gasteiger partial charge in [-0.3, -0.25) is 4.90 Å². The highest BCUT2D eigenvalue weighted by Gasteiger charge is 2.25. The second-order valence-electron chi connectivity index (χ2n) is 8.13. The minimum Gasteiger partial charge on any atom is -0.304 e. The summed E-state index contributed by atoms with van der Waals surface area (Å²) in [6.07, 6.45) is 7.54. The molecule has 2 saturated heterocycles. The number of likely N-dealkylation sites (N-methyl/N-ethyl adjacent to an activating group) is 1. The van der Waals surface area contributed by atoms with Gasteiger partial charge in [0.2, 0.25) is 0 Å². The first-order valence-electron chi connectivity index (χ1n) is 10.3. The maximum absolute atomic E-state index is 4.75. The van der Waals surface area contributed by atoms with Gasteiger partial charge in [0.25, 0.3) is 0 Å². The number of fused-ring (bicyclic) bond motifs is 1. The highest BCUT2D eigenvalue weighted by Crippen LogP contribution is 2.24. The molecule has 5 heteroatoms. The lowest BCUT2D eigenvalue weighted by Crippen LogP contribution is -2.47. The number of hydrogen-bond acceptors (Lipinski definition) is 4. The van der Waals surface area contributed by atoms with Crippen molar-refractivity contribution in [1.82, 2.24) is 24.1 Å². The Balaban J connectivity index is 1.41. The van der Waals surface area contributed by atoms with Crippen molar-refractivity contribution >= 4 is 5.65 Å². The molecule has 1 unspecified atom stereocenters. The quantitative estimate of drug-likeness (QED) is 0.824. The number of rotatable bonds is 5. The van der Waals surface area contributed by atoms with Crippen LogP contribution >= 0.6 is 0 Å². The summed E-state index contributed by atoms with van der Waals surface area (Å²) in [5.74, 6) is 0. The second-order valence-corrected chi connectivity index (χ2v) is 8.13. The van der Waals surface area contributed by atoms with Gasteiger partial charge in [-0.1, -0.05) is 12.5 Å². The van der Waals surface area contributed by atoms with Crippen LogP contribution in [0.4, 0.5) is 0 Å². The van der Waals surface area contributed by atoms with Crippen LogP contribution in [0, 0.1) is 6.92 Å². The molecule has 4 heterocycles. The number of piperazine rings is 1. The molecular weight excluding hydrogens is 322 g/mol. The van der Waals surface area contributed by atoms with Crippen LogP contribution in [0.2, 0.25) is 0 Å². The molecule has 2 fully saturated rings. The van der Waals surface area contributed by atoms with E-state index in [1.807, 2.05) is 0 Å². The first-order valence-corrected chi connectivity index (χ1v) is 10.3. The van der Waals surface area contributed by atoms with Crippen molar-refractivity contribution in [3.63, 3.8) is 0 Å². The molecule has 0 saturated carbocycles. The fourth-order valence-corrected chi connectivity index (χ4v) is 4.55. The van der Waals surface area contributed by atoms with E-state index in [-0.39, 0.29) is 0 Å². The molecule has 1 atom stereocenters. The number of piperidine rings is 1. The molecule has 0 spiro atoms. The van der Waals surface area contributed by atoms with Crippen LogP contribution in [0.25, 0.3) is 5.65 Å². The van der Waals surface area contributed by atoms with E-state index in [2.05, 4.69) is 57.5 Å². The minimum atomic E-state index is 0.720. The number of pyridine rings is 1. The molecule has 142 valence electrons. The summed E-state index contributed by atoms with van der Waals surface area (Å²) < 4.78 is 2.28. The zero-order valence-corrected chi connectivity index (χ0v) is 16.4. The molecule has 0 bridgehead atoms. The summed E-state index contributed by atoms with van der Waals surface area (Å²) in [5.41, 5.74) is 3.62. The fraction of sp³-hybridized carbons (Fsp3) is 0.667. The largest absolute Gasteiger partial charge is 0.304 e. The van der Waals surface area contributed by atoms with Crippen molar-refractivity contribution in [3.8, 4) is 0 Å². The van der Waals surface area contributed by atoms with Crippen molar-refractivity contribution in [3.05, 3.63) is 35.8 Å². The average Bonchev–Trinajstić information content (AvgIpc) is 2.98. The standard InChI is InChI=1S/C21H33N5/c1-18-20(26-11-6-4-8-21(26)22-18)17-25-10-5-3-7-19(25)9-12-24-15-13-23(2)14-16-24/h4,6,8,11,19H,3,5,7,9-10,12-17H2,1-2H3. The molecule has 0 amide bonds. The maximum Gasteiger partial charge on any atom is 0.137 e. The van der Waals surface area contributed by atoms with E-state index in [1.54, 1.807) is 0 Å². The summed E-state index contributed by atoms with van der Waals surface area (Å²) in [4.78, 5) is 12.6. The third kappa shape index (κ3) is 3.95. The minimum absolute atomic E-state index is 0.720. The third-order valence-electron chi connectivity index (χ3n) is 6.31. The van der Waals surface area contributed by atoms with Crippen molar-refractivity contribution in [1.29, 1.82) is 0 Å². The van der Waals surface area contributed by atoms with Crippen molar-refractivity contribution in [2.24, 2.45) is 0 Å². The van der Waals surface area contributed by atoms with E-state index in [0.29, 0.717) is 0 Å². The van der Waals surface area contributed by atoms with Crippen LogP contribution < -0.4 is 0 Å². The molecule has 5 nitrogen and oxygen atoms in total. The molecule has 2 aliphatic heterocycles. The Kier molecular flexibility index (Phi) is 5.57. The summed E-state index contributed by atoms with van der Waals surface area (Å²) in [6.45, 7) is 10.6. The molecule has 2 aliphatic rings. The summed E-state index contributed by atoms with van der Waals surface area (Å²) in [7, 11) is 2.23. The van der Waals surface area contributed by atoms with Gasteiger partial charge < -0.3 is 14.2 Å². The summed E-state index contributed by atoms with van der Waals surface area (Å²) >= 11 is 0. The van der Waals surface area contributed by atoms with E-state index < -0.39 is 0 Å². The second kappa shape index (κ2) is 8.07. The Morgan fingerprint density at radius 2 is 1.92 bits per heavy atom. The van der Waals surface area contributed by atoms with Gasteiger partial charge in [-0.15, -0.1) is 0 Å². The summed E-state index contributed by atoms with van der Waals surface area (Å²) in [5, 5.41) is 0. The van der Waals surface area contributed by atoms with Gasteiger partial charge >= 0.3 is 0 Å². The number of hydrogen-bond donors (Lipinski definition) is 0. The van der Waals surface area contributed by atoms with Gasteiger partial charge in [0, 0.05) is 45.0 Å². The van der Waals surface area contributed by atoms with Gasteiger partial charge in [-0.2, -0.15) is 0 Å². The number of aromatic nitrogens is 2. The van der Waals surface area contributed by atoms with Gasteiger partial charge in [0.15, 0.2) is 0 Å². The van der Waals surface area contributed by atoms with Crippen LogP contribution in [0.5, 0.6) is 0 Å². The van der Waals surface area contributed by atoms with Crippen molar-refractivity contribution in [2.45, 2.75) is 45.2 Å². The normalized spacial score (nSPS) is 23.7. The lowest BCUT2D eigenvalue weighted by molar-refractivity contribution is 0.100. The summed E-state index contributed by atoms with van der Waals surface area (Å²) in [6, 6.07) is 7.01. The molecule has 0 radical (unpaired) electrons. The molecular formula is C21H33N5. The fourth-order valence-electron chi connectivity index (χ4n) is 4.55. The van der Waals surface area contributed by atoms with Crippen molar-refractivity contribution in [2.75, 3.05) is 46.3 Å². The SMILES string of the molecule is Cc1nc2ccccn2c1CN1CCCCC1CCN1CCN(C)CC1. The predicted octanol–water partition coefficient (Wildman–Crippen LogP) is 2.63. The molecule has 0 N–H and O–H groups in total.